The highest BCUT2D eigenvalue weighted by molar-refractivity contribution is 5.44. The first-order valence-electron chi connectivity index (χ1n) is 5.43. The van der Waals surface area contributed by atoms with Crippen molar-refractivity contribution in [2.45, 2.75) is 31.7 Å². The lowest BCUT2D eigenvalue weighted by molar-refractivity contribution is 0.679. The Hall–Kier alpha value is -1.24. The van der Waals surface area contributed by atoms with Gasteiger partial charge in [-0.1, -0.05) is 36.8 Å². The number of nitrogens with one attached hydrogen (secondary N) is 1. The van der Waals surface area contributed by atoms with E-state index in [0.717, 1.165) is 0 Å². The summed E-state index contributed by atoms with van der Waals surface area (Å²) in [5.41, 5.74) is 1.23. The molecule has 0 saturated heterocycles. The van der Waals surface area contributed by atoms with Crippen LogP contribution in [0.1, 0.15) is 25.7 Å². The summed E-state index contributed by atoms with van der Waals surface area (Å²) in [5, 5.41) is 3.53. The third kappa shape index (κ3) is 2.63. The molecule has 0 bridgehead atoms. The van der Waals surface area contributed by atoms with E-state index in [-0.39, 0.29) is 0 Å². The standard InChI is InChI=1S/C13H17N/c1-2-5-9-12(8-4-1)14-13-10-6-3-7-11-13/h3-4,6-8,10-12,14H,1-2,5,9H2. The van der Waals surface area contributed by atoms with Crippen molar-refractivity contribution in [3.8, 4) is 0 Å². The van der Waals surface area contributed by atoms with Crippen LogP contribution in [0.15, 0.2) is 42.5 Å². The minimum absolute atomic E-state index is 0.528. The predicted octanol–water partition coefficient (Wildman–Crippen LogP) is 3.60. The largest absolute Gasteiger partial charge is 0.379 e. The number of hydrogen-bond acceptors (Lipinski definition) is 1. The topological polar surface area (TPSA) is 12.0 Å². The predicted molar refractivity (Wildman–Crippen MR) is 61.5 cm³/mol. The van der Waals surface area contributed by atoms with Crippen LogP contribution >= 0.6 is 0 Å². The van der Waals surface area contributed by atoms with Gasteiger partial charge in [-0.25, -0.2) is 0 Å². The SMILES string of the molecule is C1=CC(Nc2ccccc2)CCCC1. The summed E-state index contributed by atoms with van der Waals surface area (Å²) in [6, 6.07) is 11.0. The zero-order chi connectivity index (χ0) is 9.64. The highest BCUT2D eigenvalue weighted by Crippen LogP contribution is 2.15. The maximum absolute atomic E-state index is 3.53. The first-order chi connectivity index (χ1) is 6.95. The molecular formula is C13H17N. The molecule has 1 N–H and O–H groups in total. The average Bonchev–Trinajstić information content (AvgIpc) is 2.48. The van der Waals surface area contributed by atoms with Gasteiger partial charge in [0.15, 0.2) is 0 Å². The molecule has 14 heavy (non-hydrogen) atoms. The van der Waals surface area contributed by atoms with E-state index >= 15 is 0 Å². The van der Waals surface area contributed by atoms with E-state index in [4.69, 9.17) is 0 Å². The van der Waals surface area contributed by atoms with Gasteiger partial charge in [0.25, 0.3) is 0 Å². The first kappa shape index (κ1) is 9.32. The van der Waals surface area contributed by atoms with Crippen LogP contribution in [0.2, 0.25) is 0 Å². The fourth-order valence-corrected chi connectivity index (χ4v) is 1.85. The fourth-order valence-electron chi connectivity index (χ4n) is 1.85. The van der Waals surface area contributed by atoms with E-state index < -0.39 is 0 Å². The molecule has 0 heterocycles. The third-order valence-electron chi connectivity index (χ3n) is 2.63. The zero-order valence-corrected chi connectivity index (χ0v) is 8.45. The molecule has 1 unspecified atom stereocenters. The van der Waals surface area contributed by atoms with E-state index in [1.165, 1.54) is 31.4 Å². The molecule has 1 aromatic rings. The van der Waals surface area contributed by atoms with Crippen molar-refractivity contribution < 1.29 is 0 Å². The summed E-state index contributed by atoms with van der Waals surface area (Å²) >= 11 is 0. The Labute approximate surface area is 85.8 Å². The summed E-state index contributed by atoms with van der Waals surface area (Å²) in [5.74, 6) is 0. The molecule has 0 aromatic heterocycles. The quantitative estimate of drug-likeness (QED) is 0.697. The van der Waals surface area contributed by atoms with Crippen LogP contribution in [0.5, 0.6) is 0 Å². The number of allylic oxidation sites excluding steroid dienone is 1. The van der Waals surface area contributed by atoms with Crippen LogP contribution < -0.4 is 5.32 Å². The maximum atomic E-state index is 3.53. The summed E-state index contributed by atoms with van der Waals surface area (Å²) in [4.78, 5) is 0. The molecule has 0 amide bonds. The van der Waals surface area contributed by atoms with Crippen LogP contribution in [0.3, 0.4) is 0 Å². The van der Waals surface area contributed by atoms with E-state index in [0.29, 0.717) is 6.04 Å². The third-order valence-corrected chi connectivity index (χ3v) is 2.63. The Morgan fingerprint density at radius 1 is 1.07 bits per heavy atom. The van der Waals surface area contributed by atoms with Crippen LogP contribution in [0.4, 0.5) is 5.69 Å². The molecule has 1 heteroatoms. The molecule has 2 rings (SSSR count). The molecule has 1 aliphatic carbocycles. The highest BCUT2D eigenvalue weighted by atomic mass is 14.9. The van der Waals surface area contributed by atoms with Gasteiger partial charge >= 0.3 is 0 Å². The lowest BCUT2D eigenvalue weighted by atomic mass is 10.1. The Kier molecular flexibility index (Phi) is 3.23. The van der Waals surface area contributed by atoms with Crippen LogP contribution in [0.25, 0.3) is 0 Å². The van der Waals surface area contributed by atoms with Gasteiger partial charge in [-0.05, 0) is 31.4 Å². The first-order valence-corrected chi connectivity index (χ1v) is 5.43. The minimum atomic E-state index is 0.528. The van der Waals surface area contributed by atoms with E-state index in [9.17, 15) is 0 Å². The summed E-state index contributed by atoms with van der Waals surface area (Å²) in [7, 11) is 0. The number of benzene rings is 1. The highest BCUT2D eigenvalue weighted by Gasteiger charge is 2.06. The zero-order valence-electron chi connectivity index (χ0n) is 8.45. The van der Waals surface area contributed by atoms with E-state index in [2.05, 4.69) is 41.7 Å². The van der Waals surface area contributed by atoms with E-state index in [1.807, 2.05) is 6.07 Å². The lowest BCUT2D eigenvalue weighted by Gasteiger charge is -2.14. The van der Waals surface area contributed by atoms with Crippen LogP contribution in [-0.4, -0.2) is 6.04 Å². The number of anilines is 1. The Morgan fingerprint density at radius 3 is 2.79 bits per heavy atom. The second-order valence-corrected chi connectivity index (χ2v) is 3.83. The van der Waals surface area contributed by atoms with Gasteiger partial charge in [-0.3, -0.25) is 0 Å². The van der Waals surface area contributed by atoms with Gasteiger partial charge < -0.3 is 5.32 Å². The van der Waals surface area contributed by atoms with Gasteiger partial charge in [0.05, 0.1) is 0 Å². The number of hydrogen-bond donors (Lipinski definition) is 1. The molecule has 74 valence electrons. The van der Waals surface area contributed by atoms with Crippen molar-refractivity contribution in [3.05, 3.63) is 42.5 Å². The molecule has 0 aliphatic heterocycles. The van der Waals surface area contributed by atoms with Crippen molar-refractivity contribution in [3.63, 3.8) is 0 Å². The fraction of sp³-hybridized carbons (Fsp3) is 0.385. The summed E-state index contributed by atoms with van der Waals surface area (Å²) in [6.45, 7) is 0. The molecular weight excluding hydrogens is 170 g/mol. The number of para-hydroxylation sites is 1. The Balaban J connectivity index is 1.96. The molecule has 1 aromatic carbocycles. The second kappa shape index (κ2) is 4.85. The molecule has 1 atom stereocenters. The molecule has 0 radical (unpaired) electrons. The average molecular weight is 187 g/mol. The smallest absolute Gasteiger partial charge is 0.0444 e. The maximum Gasteiger partial charge on any atom is 0.0444 e. The monoisotopic (exact) mass is 187 g/mol. The van der Waals surface area contributed by atoms with Gasteiger partial charge in [-0.2, -0.15) is 0 Å². The van der Waals surface area contributed by atoms with Gasteiger partial charge in [0.2, 0.25) is 0 Å². The van der Waals surface area contributed by atoms with Crippen LogP contribution in [0, 0.1) is 0 Å². The minimum Gasteiger partial charge on any atom is -0.379 e. The van der Waals surface area contributed by atoms with Crippen molar-refractivity contribution in [2.75, 3.05) is 5.32 Å². The van der Waals surface area contributed by atoms with Crippen molar-refractivity contribution in [2.24, 2.45) is 0 Å². The summed E-state index contributed by atoms with van der Waals surface area (Å²) in [6.07, 6.45) is 9.77. The van der Waals surface area contributed by atoms with Crippen LogP contribution in [-0.2, 0) is 0 Å². The molecule has 0 spiro atoms. The van der Waals surface area contributed by atoms with Crippen molar-refractivity contribution in [1.29, 1.82) is 0 Å². The molecule has 1 nitrogen and oxygen atoms in total. The van der Waals surface area contributed by atoms with Gasteiger partial charge in [0, 0.05) is 11.7 Å². The number of rotatable bonds is 2. The van der Waals surface area contributed by atoms with Gasteiger partial charge in [-0.15, -0.1) is 0 Å². The van der Waals surface area contributed by atoms with Crippen molar-refractivity contribution in [1.82, 2.24) is 0 Å². The Morgan fingerprint density at radius 2 is 1.93 bits per heavy atom. The van der Waals surface area contributed by atoms with Crippen molar-refractivity contribution >= 4 is 5.69 Å². The van der Waals surface area contributed by atoms with E-state index in [1.54, 1.807) is 0 Å². The van der Waals surface area contributed by atoms with Gasteiger partial charge in [0.1, 0.15) is 0 Å². The lowest BCUT2D eigenvalue weighted by Crippen LogP contribution is -2.15. The normalized spacial score (nSPS) is 21.6. The molecule has 1 aliphatic rings. The summed E-state index contributed by atoms with van der Waals surface area (Å²) < 4.78 is 0. The second-order valence-electron chi connectivity index (χ2n) is 3.83. The molecule has 0 saturated carbocycles. The molecule has 0 fully saturated rings. The Bertz CT molecular complexity index is 289.